The monoisotopic (exact) mass is 305 g/mol. The zero-order valence-corrected chi connectivity index (χ0v) is 12.6. The molecular formula is C15H19N3O4. The molecular weight excluding hydrogens is 286 g/mol. The van der Waals surface area contributed by atoms with Gasteiger partial charge in [-0.25, -0.2) is 4.68 Å². The Kier molecular flexibility index (Phi) is 5.11. The van der Waals surface area contributed by atoms with Crippen molar-refractivity contribution >= 4 is 16.7 Å². The molecule has 1 aromatic carbocycles. The van der Waals surface area contributed by atoms with Gasteiger partial charge in [0.05, 0.1) is 23.9 Å². The average Bonchev–Trinajstić information content (AvgIpc) is 2.49. The summed E-state index contributed by atoms with van der Waals surface area (Å²) >= 11 is 0. The van der Waals surface area contributed by atoms with Crippen molar-refractivity contribution in [3.05, 3.63) is 45.0 Å². The zero-order chi connectivity index (χ0) is 16.1. The van der Waals surface area contributed by atoms with Gasteiger partial charge in [-0.2, -0.15) is 0 Å². The summed E-state index contributed by atoms with van der Waals surface area (Å²) in [6, 6.07) is 6.49. The summed E-state index contributed by atoms with van der Waals surface area (Å²) in [5.41, 5.74) is -0.656. The van der Waals surface area contributed by atoms with Crippen molar-refractivity contribution in [3.63, 3.8) is 0 Å². The minimum Gasteiger partial charge on any atom is -0.383 e. The van der Waals surface area contributed by atoms with E-state index in [1.54, 1.807) is 31.4 Å². The predicted molar refractivity (Wildman–Crippen MR) is 82.9 cm³/mol. The highest BCUT2D eigenvalue weighted by atomic mass is 16.5. The number of hydrogen-bond donors (Lipinski definition) is 2. The van der Waals surface area contributed by atoms with E-state index in [0.29, 0.717) is 17.4 Å². The lowest BCUT2D eigenvalue weighted by Gasteiger charge is -2.13. The second-order valence-electron chi connectivity index (χ2n) is 5.12. The van der Waals surface area contributed by atoms with Crippen molar-refractivity contribution in [1.29, 1.82) is 0 Å². The van der Waals surface area contributed by atoms with Crippen LogP contribution >= 0.6 is 0 Å². The molecule has 0 aliphatic rings. The van der Waals surface area contributed by atoms with E-state index in [0.717, 1.165) is 0 Å². The molecule has 118 valence electrons. The number of aromatic amines is 1. The van der Waals surface area contributed by atoms with Gasteiger partial charge in [0.2, 0.25) is 5.91 Å². The molecule has 2 N–H and O–H groups in total. The summed E-state index contributed by atoms with van der Waals surface area (Å²) in [6.07, 6.45) is 0.0994. The number of amides is 1. The molecule has 0 bridgehead atoms. The van der Waals surface area contributed by atoms with Crippen LogP contribution in [0.1, 0.15) is 13.3 Å². The van der Waals surface area contributed by atoms with Crippen LogP contribution in [0.3, 0.4) is 0 Å². The van der Waals surface area contributed by atoms with Gasteiger partial charge in [0.15, 0.2) is 0 Å². The summed E-state index contributed by atoms with van der Waals surface area (Å²) in [5.74, 6) is -0.203. The summed E-state index contributed by atoms with van der Waals surface area (Å²) < 4.78 is 6.10. The fourth-order valence-corrected chi connectivity index (χ4v) is 2.26. The van der Waals surface area contributed by atoms with E-state index in [1.165, 1.54) is 4.68 Å². The van der Waals surface area contributed by atoms with Crippen LogP contribution in [-0.4, -0.2) is 35.4 Å². The molecule has 1 amide bonds. The fraction of sp³-hybridized carbons (Fsp3) is 0.400. The number of aryl methyl sites for hydroxylation is 1. The lowest BCUT2D eigenvalue weighted by molar-refractivity contribution is -0.122. The number of nitrogens with zero attached hydrogens (tertiary/aromatic N) is 1. The third-order valence-corrected chi connectivity index (χ3v) is 3.27. The van der Waals surface area contributed by atoms with Crippen LogP contribution in [0.4, 0.5) is 0 Å². The normalized spacial score (nSPS) is 12.3. The standard InChI is InChI=1S/C15H19N3O4/c1-10(9-22-2)16-13(19)7-8-18-15(21)12-6-4-3-5-11(12)14(20)17-18/h3-6,10H,7-9H2,1-2H3,(H,16,19)(H,17,20)/t10-/m0/s1. The maximum atomic E-state index is 12.3. The number of carbonyl (C=O) groups excluding carboxylic acids is 1. The van der Waals surface area contributed by atoms with Gasteiger partial charge in [-0.1, -0.05) is 12.1 Å². The number of fused-ring (bicyclic) bond motifs is 1. The van der Waals surface area contributed by atoms with E-state index < -0.39 is 0 Å². The van der Waals surface area contributed by atoms with Gasteiger partial charge < -0.3 is 10.1 Å². The number of H-pyrrole nitrogens is 1. The summed E-state index contributed by atoms with van der Waals surface area (Å²) in [4.78, 5) is 36.0. The van der Waals surface area contributed by atoms with E-state index in [9.17, 15) is 14.4 Å². The second kappa shape index (κ2) is 7.04. The molecule has 0 aliphatic carbocycles. The lowest BCUT2D eigenvalue weighted by Crippen LogP contribution is -2.37. The molecule has 0 unspecified atom stereocenters. The Morgan fingerprint density at radius 2 is 2.00 bits per heavy atom. The van der Waals surface area contributed by atoms with Crippen LogP contribution in [0.2, 0.25) is 0 Å². The third-order valence-electron chi connectivity index (χ3n) is 3.27. The molecule has 1 heterocycles. The second-order valence-corrected chi connectivity index (χ2v) is 5.12. The summed E-state index contributed by atoms with van der Waals surface area (Å²) in [6.45, 7) is 2.36. The quantitative estimate of drug-likeness (QED) is 0.799. The largest absolute Gasteiger partial charge is 0.383 e. The van der Waals surface area contributed by atoms with Crippen molar-refractivity contribution in [2.75, 3.05) is 13.7 Å². The molecule has 1 aromatic heterocycles. The summed E-state index contributed by atoms with van der Waals surface area (Å²) in [7, 11) is 1.56. The SMILES string of the molecule is COC[C@H](C)NC(=O)CCn1[nH]c(=O)c2ccccc2c1=O. The van der Waals surface area contributed by atoms with Crippen LogP contribution < -0.4 is 16.4 Å². The van der Waals surface area contributed by atoms with Crippen molar-refractivity contribution < 1.29 is 9.53 Å². The maximum Gasteiger partial charge on any atom is 0.273 e. The Bertz CT molecular complexity index is 778. The first-order valence-corrected chi connectivity index (χ1v) is 7.03. The number of hydrogen-bond acceptors (Lipinski definition) is 4. The van der Waals surface area contributed by atoms with Gasteiger partial charge in [0.25, 0.3) is 11.1 Å². The summed E-state index contributed by atoms with van der Waals surface area (Å²) in [5, 5.41) is 5.94. The van der Waals surface area contributed by atoms with Crippen LogP contribution in [0.15, 0.2) is 33.9 Å². The Balaban J connectivity index is 2.13. The molecule has 0 saturated carbocycles. The molecule has 0 radical (unpaired) electrons. The van der Waals surface area contributed by atoms with Crippen LogP contribution in [0, 0.1) is 0 Å². The molecule has 0 aliphatic heterocycles. The predicted octanol–water partition coefficient (Wildman–Crippen LogP) is 0.231. The third kappa shape index (κ3) is 3.62. The number of ether oxygens (including phenoxy) is 1. The van der Waals surface area contributed by atoms with Gasteiger partial charge in [0, 0.05) is 19.6 Å². The number of carbonyl (C=O) groups is 1. The fourth-order valence-electron chi connectivity index (χ4n) is 2.26. The van der Waals surface area contributed by atoms with Gasteiger partial charge in [0.1, 0.15) is 0 Å². The highest BCUT2D eigenvalue weighted by Gasteiger charge is 2.10. The van der Waals surface area contributed by atoms with Gasteiger partial charge in [-0.05, 0) is 19.1 Å². The molecule has 7 nitrogen and oxygen atoms in total. The van der Waals surface area contributed by atoms with Gasteiger partial charge in [-0.15, -0.1) is 0 Å². The first-order chi connectivity index (χ1) is 10.5. The highest BCUT2D eigenvalue weighted by molar-refractivity contribution is 5.80. The van der Waals surface area contributed by atoms with Crippen LogP contribution in [0.5, 0.6) is 0 Å². The number of benzene rings is 1. The minimum atomic E-state index is -0.344. The highest BCUT2D eigenvalue weighted by Crippen LogP contribution is 2.02. The van der Waals surface area contributed by atoms with E-state index in [-0.39, 0.29) is 36.0 Å². The van der Waals surface area contributed by atoms with Crippen molar-refractivity contribution in [2.24, 2.45) is 0 Å². The van der Waals surface area contributed by atoms with E-state index in [4.69, 9.17) is 4.74 Å². The molecule has 2 rings (SSSR count). The molecule has 0 spiro atoms. The molecule has 2 aromatic rings. The van der Waals surface area contributed by atoms with Crippen LogP contribution in [-0.2, 0) is 16.1 Å². The van der Waals surface area contributed by atoms with Crippen molar-refractivity contribution in [3.8, 4) is 0 Å². The Hall–Kier alpha value is -2.41. The molecule has 1 atom stereocenters. The molecule has 0 saturated heterocycles. The number of aromatic nitrogens is 2. The number of nitrogens with one attached hydrogen (secondary N) is 2. The van der Waals surface area contributed by atoms with Crippen LogP contribution in [0.25, 0.3) is 10.8 Å². The topological polar surface area (TPSA) is 93.2 Å². The maximum absolute atomic E-state index is 12.3. The Morgan fingerprint density at radius 1 is 1.32 bits per heavy atom. The molecule has 22 heavy (non-hydrogen) atoms. The van der Waals surface area contributed by atoms with E-state index in [1.807, 2.05) is 6.92 Å². The smallest absolute Gasteiger partial charge is 0.273 e. The Morgan fingerprint density at radius 3 is 2.68 bits per heavy atom. The van der Waals surface area contributed by atoms with E-state index >= 15 is 0 Å². The molecule has 0 fully saturated rings. The van der Waals surface area contributed by atoms with Crippen molar-refractivity contribution in [2.45, 2.75) is 25.9 Å². The average molecular weight is 305 g/mol. The van der Waals surface area contributed by atoms with Gasteiger partial charge >= 0.3 is 0 Å². The zero-order valence-electron chi connectivity index (χ0n) is 12.6. The van der Waals surface area contributed by atoms with E-state index in [2.05, 4.69) is 10.4 Å². The van der Waals surface area contributed by atoms with Crippen molar-refractivity contribution in [1.82, 2.24) is 15.1 Å². The molecule has 7 heteroatoms. The minimum absolute atomic E-state index is 0.0994. The number of rotatable bonds is 6. The first-order valence-electron chi connectivity index (χ1n) is 7.03. The van der Waals surface area contributed by atoms with Gasteiger partial charge in [-0.3, -0.25) is 19.5 Å². The lowest BCUT2D eigenvalue weighted by atomic mass is 10.2. The Labute approximate surface area is 126 Å². The number of methoxy groups -OCH3 is 1. The first kappa shape index (κ1) is 16.0.